The van der Waals surface area contributed by atoms with E-state index in [1.165, 1.54) is 41.2 Å². The molecule has 19 heavy (non-hydrogen) atoms. The topological polar surface area (TPSA) is 119 Å². The number of nitrogens with zero attached hydrogens (tertiary/aromatic N) is 2. The minimum atomic E-state index is -4.24. The van der Waals surface area contributed by atoms with Gasteiger partial charge >= 0.3 is 6.16 Å². The van der Waals surface area contributed by atoms with Crippen molar-refractivity contribution < 1.29 is 27.6 Å². The maximum atomic E-state index is 10.9. The summed E-state index contributed by atoms with van der Waals surface area (Å²) in [4.78, 5) is 10.1. The van der Waals surface area contributed by atoms with Crippen LogP contribution in [0.3, 0.4) is 0 Å². The first kappa shape index (κ1) is 13.1. The van der Waals surface area contributed by atoms with Crippen molar-refractivity contribution in [1.82, 2.24) is 9.78 Å². The van der Waals surface area contributed by atoms with Crippen molar-refractivity contribution in [3.8, 4) is 11.6 Å². The number of rotatable bonds is 3. The van der Waals surface area contributed by atoms with Crippen LogP contribution in [0.2, 0.25) is 0 Å². The van der Waals surface area contributed by atoms with Crippen molar-refractivity contribution in [3.63, 3.8) is 0 Å². The molecule has 0 radical (unpaired) electrons. The summed E-state index contributed by atoms with van der Waals surface area (Å²) >= 11 is 0. The Morgan fingerprint density at radius 2 is 1.84 bits per heavy atom. The molecule has 2 N–H and O–H groups in total. The minimum absolute atomic E-state index is 0.105. The van der Waals surface area contributed by atoms with E-state index in [4.69, 9.17) is 9.66 Å². The van der Waals surface area contributed by atoms with Gasteiger partial charge in [-0.2, -0.15) is 8.42 Å². The zero-order valence-electron chi connectivity index (χ0n) is 9.29. The molecule has 2 rings (SSSR count). The predicted octanol–water partition coefficient (Wildman–Crippen LogP) is 1.18. The van der Waals surface area contributed by atoms with Crippen LogP contribution in [0.25, 0.3) is 5.69 Å². The van der Waals surface area contributed by atoms with E-state index >= 15 is 0 Å². The van der Waals surface area contributed by atoms with Crippen molar-refractivity contribution in [2.45, 2.75) is 4.90 Å². The second-order valence-electron chi connectivity index (χ2n) is 3.44. The molecule has 0 aliphatic heterocycles. The Labute approximate surface area is 107 Å². The second kappa shape index (κ2) is 4.71. The van der Waals surface area contributed by atoms with Crippen molar-refractivity contribution in [2.75, 3.05) is 0 Å². The van der Waals surface area contributed by atoms with Crippen LogP contribution < -0.4 is 4.74 Å². The monoisotopic (exact) mass is 284 g/mol. The van der Waals surface area contributed by atoms with E-state index in [0.717, 1.165) is 0 Å². The molecule has 1 heterocycles. The number of hydrogen-bond acceptors (Lipinski definition) is 5. The van der Waals surface area contributed by atoms with E-state index in [1.807, 2.05) is 0 Å². The van der Waals surface area contributed by atoms with E-state index < -0.39 is 16.3 Å². The zero-order chi connectivity index (χ0) is 14.0. The predicted molar refractivity (Wildman–Crippen MR) is 62.0 cm³/mol. The van der Waals surface area contributed by atoms with Crippen molar-refractivity contribution >= 4 is 16.3 Å². The molecule has 0 spiro atoms. The number of carbonyl (C=O) groups is 1. The molecule has 0 aliphatic carbocycles. The quantitative estimate of drug-likeness (QED) is 0.641. The largest absolute Gasteiger partial charge is 0.512 e. The number of carboxylic acid groups (broad SMARTS) is 1. The Morgan fingerprint density at radius 1 is 1.21 bits per heavy atom. The summed E-state index contributed by atoms with van der Waals surface area (Å²) < 4.78 is 36.2. The minimum Gasteiger partial charge on any atom is -0.449 e. The molecule has 0 atom stereocenters. The molecule has 0 aliphatic rings. The molecular formula is C10H8N2O6S. The lowest BCUT2D eigenvalue weighted by Gasteiger charge is -2.02. The summed E-state index contributed by atoms with van der Waals surface area (Å²) in [5, 5.41) is 12.2. The van der Waals surface area contributed by atoms with Crippen LogP contribution in [-0.4, -0.2) is 34.0 Å². The molecule has 0 amide bonds. The van der Waals surface area contributed by atoms with Crippen molar-refractivity contribution in [3.05, 3.63) is 36.5 Å². The first-order valence-electron chi connectivity index (χ1n) is 4.90. The van der Waals surface area contributed by atoms with E-state index in [2.05, 4.69) is 9.84 Å². The van der Waals surface area contributed by atoms with Gasteiger partial charge in [-0.05, 0) is 24.3 Å². The van der Waals surface area contributed by atoms with Gasteiger partial charge in [0.25, 0.3) is 10.1 Å². The maximum Gasteiger partial charge on any atom is 0.512 e. The Kier molecular flexibility index (Phi) is 3.23. The third-order valence-corrected chi connectivity index (χ3v) is 3.02. The lowest BCUT2D eigenvalue weighted by atomic mass is 10.3. The van der Waals surface area contributed by atoms with Crippen LogP contribution in [-0.2, 0) is 10.1 Å². The third-order valence-electron chi connectivity index (χ3n) is 2.16. The number of aromatic nitrogens is 2. The van der Waals surface area contributed by atoms with E-state index in [0.29, 0.717) is 5.69 Å². The summed E-state index contributed by atoms with van der Waals surface area (Å²) in [5.74, 6) is -0.105. The molecule has 1 aromatic heterocycles. The van der Waals surface area contributed by atoms with Crippen molar-refractivity contribution in [2.24, 2.45) is 0 Å². The molecule has 1 aromatic carbocycles. The summed E-state index contributed by atoms with van der Waals surface area (Å²) in [7, 11) is -4.24. The molecule has 0 bridgehead atoms. The summed E-state index contributed by atoms with van der Waals surface area (Å²) in [6, 6.07) is 6.54. The zero-order valence-corrected chi connectivity index (χ0v) is 10.1. The van der Waals surface area contributed by atoms with Crippen LogP contribution in [0.5, 0.6) is 5.88 Å². The molecule has 0 saturated heterocycles. The highest BCUT2D eigenvalue weighted by atomic mass is 32.2. The molecule has 2 aromatic rings. The fourth-order valence-electron chi connectivity index (χ4n) is 1.37. The highest BCUT2D eigenvalue weighted by molar-refractivity contribution is 7.85. The lowest BCUT2D eigenvalue weighted by molar-refractivity contribution is 0.142. The number of ether oxygens (including phenoxy) is 1. The molecular weight excluding hydrogens is 276 g/mol. The van der Waals surface area contributed by atoms with E-state index in [1.54, 1.807) is 0 Å². The fourth-order valence-corrected chi connectivity index (χ4v) is 1.85. The summed E-state index contributed by atoms with van der Waals surface area (Å²) in [5.41, 5.74) is 0.479. The average Bonchev–Trinajstić information content (AvgIpc) is 2.75. The van der Waals surface area contributed by atoms with Crippen LogP contribution in [0, 0.1) is 0 Å². The van der Waals surface area contributed by atoms with Gasteiger partial charge in [0.05, 0.1) is 10.6 Å². The third kappa shape index (κ3) is 3.09. The summed E-state index contributed by atoms with van der Waals surface area (Å²) in [6.07, 6.45) is -0.0345. The Bertz CT molecular complexity index is 704. The SMILES string of the molecule is O=C(O)Oc1ccn(-c2ccc(S(=O)(=O)O)cc2)n1. The first-order valence-corrected chi connectivity index (χ1v) is 6.34. The van der Waals surface area contributed by atoms with E-state index in [-0.39, 0.29) is 10.8 Å². The normalized spacial score (nSPS) is 11.2. The molecule has 0 fully saturated rings. The molecule has 8 nitrogen and oxygen atoms in total. The van der Waals surface area contributed by atoms with Crippen molar-refractivity contribution in [1.29, 1.82) is 0 Å². The standard InChI is InChI=1S/C10H8N2O6S/c13-10(14)18-9-5-6-12(11-9)7-1-3-8(4-2-7)19(15,16)17/h1-6H,(H,13,14)(H,15,16,17). The van der Waals surface area contributed by atoms with Gasteiger partial charge in [-0.15, -0.1) is 5.10 Å². The smallest absolute Gasteiger partial charge is 0.449 e. The Morgan fingerprint density at radius 3 is 2.37 bits per heavy atom. The van der Waals surface area contributed by atoms with Gasteiger partial charge in [-0.25, -0.2) is 9.48 Å². The molecule has 0 saturated carbocycles. The van der Waals surface area contributed by atoms with Crippen LogP contribution in [0.4, 0.5) is 4.79 Å². The van der Waals surface area contributed by atoms with Crippen LogP contribution in [0.15, 0.2) is 41.4 Å². The Balaban J connectivity index is 2.27. The highest BCUT2D eigenvalue weighted by Gasteiger charge is 2.10. The fraction of sp³-hybridized carbons (Fsp3) is 0. The molecule has 100 valence electrons. The average molecular weight is 284 g/mol. The van der Waals surface area contributed by atoms with Gasteiger partial charge in [-0.1, -0.05) is 0 Å². The maximum absolute atomic E-state index is 10.9. The number of hydrogen-bond donors (Lipinski definition) is 2. The number of benzene rings is 1. The van der Waals surface area contributed by atoms with Gasteiger partial charge in [0.15, 0.2) is 0 Å². The molecule has 0 unspecified atom stereocenters. The highest BCUT2D eigenvalue weighted by Crippen LogP contribution is 2.15. The summed E-state index contributed by atoms with van der Waals surface area (Å²) in [6.45, 7) is 0. The van der Waals surface area contributed by atoms with Gasteiger partial charge in [0.1, 0.15) is 0 Å². The van der Waals surface area contributed by atoms with Gasteiger partial charge in [-0.3, -0.25) is 4.55 Å². The molecule has 9 heteroatoms. The van der Waals surface area contributed by atoms with Gasteiger partial charge < -0.3 is 9.84 Å². The first-order chi connectivity index (χ1) is 8.86. The second-order valence-corrected chi connectivity index (χ2v) is 4.86. The van der Waals surface area contributed by atoms with E-state index in [9.17, 15) is 13.2 Å². The van der Waals surface area contributed by atoms with Crippen LogP contribution in [0.1, 0.15) is 0 Å². The van der Waals surface area contributed by atoms with Gasteiger partial charge in [0, 0.05) is 12.3 Å². The van der Waals surface area contributed by atoms with Crippen LogP contribution >= 0.6 is 0 Å². The van der Waals surface area contributed by atoms with Gasteiger partial charge in [0.2, 0.25) is 5.88 Å². The lowest BCUT2D eigenvalue weighted by Crippen LogP contribution is -2.04. The Hall–Kier alpha value is -2.39.